The Labute approximate surface area is 134 Å². The zero-order valence-electron chi connectivity index (χ0n) is 14.0. The number of hydrogen-bond acceptors (Lipinski definition) is 5. The van der Waals surface area contributed by atoms with Crippen molar-refractivity contribution in [1.29, 1.82) is 0 Å². The summed E-state index contributed by atoms with van der Waals surface area (Å²) < 4.78 is 5.43. The van der Waals surface area contributed by atoms with Crippen molar-refractivity contribution >= 4 is 0 Å². The smallest absolute Gasteiger partial charge is 0.102 e. The predicted molar refractivity (Wildman–Crippen MR) is 89.7 cm³/mol. The Bertz CT molecular complexity index is 407. The lowest BCUT2D eigenvalue weighted by molar-refractivity contribution is 0.0353. The van der Waals surface area contributed by atoms with Crippen LogP contribution in [0.4, 0.5) is 0 Å². The molecule has 0 bridgehead atoms. The van der Waals surface area contributed by atoms with E-state index < -0.39 is 0 Å². The molecule has 2 fully saturated rings. The first-order chi connectivity index (χ1) is 10.7. The van der Waals surface area contributed by atoms with Crippen LogP contribution in [0.5, 0.6) is 0 Å². The molecule has 0 amide bonds. The van der Waals surface area contributed by atoms with Crippen molar-refractivity contribution in [3.8, 4) is 0 Å². The maximum Gasteiger partial charge on any atom is 0.102 e. The van der Waals surface area contributed by atoms with Crippen molar-refractivity contribution in [2.75, 3.05) is 59.0 Å². The molecule has 124 valence electrons. The second-order valence-corrected chi connectivity index (χ2v) is 6.72. The zero-order chi connectivity index (χ0) is 15.4. The van der Waals surface area contributed by atoms with Crippen molar-refractivity contribution in [3.05, 3.63) is 24.0 Å². The van der Waals surface area contributed by atoms with E-state index in [1.165, 1.54) is 5.82 Å². The van der Waals surface area contributed by atoms with Gasteiger partial charge in [-0.1, -0.05) is 12.2 Å². The van der Waals surface area contributed by atoms with Crippen molar-refractivity contribution in [2.45, 2.75) is 25.9 Å². The molecule has 1 atom stereocenters. The first kappa shape index (κ1) is 15.8. The van der Waals surface area contributed by atoms with Crippen LogP contribution in [0.3, 0.4) is 0 Å². The third-order valence-electron chi connectivity index (χ3n) is 4.87. The monoisotopic (exact) mass is 306 g/mol. The van der Waals surface area contributed by atoms with Gasteiger partial charge in [0.05, 0.1) is 19.3 Å². The number of dihydropyridines is 1. The van der Waals surface area contributed by atoms with E-state index in [-0.39, 0.29) is 0 Å². The first-order valence-electron chi connectivity index (χ1n) is 8.66. The van der Waals surface area contributed by atoms with Crippen LogP contribution >= 0.6 is 0 Å². The van der Waals surface area contributed by atoms with Crippen LogP contribution in [0.1, 0.15) is 13.8 Å². The molecule has 2 saturated heterocycles. The highest BCUT2D eigenvalue weighted by Crippen LogP contribution is 2.14. The number of morpholine rings is 1. The van der Waals surface area contributed by atoms with Crippen LogP contribution in [-0.2, 0) is 4.74 Å². The highest BCUT2D eigenvalue weighted by Gasteiger charge is 2.23. The van der Waals surface area contributed by atoms with Gasteiger partial charge in [0.1, 0.15) is 5.82 Å². The summed E-state index contributed by atoms with van der Waals surface area (Å²) in [6.45, 7) is 14.1. The summed E-state index contributed by atoms with van der Waals surface area (Å²) in [7, 11) is 0. The third-order valence-corrected chi connectivity index (χ3v) is 4.87. The van der Waals surface area contributed by atoms with E-state index in [2.05, 4.69) is 52.1 Å². The quantitative estimate of drug-likeness (QED) is 0.827. The Kier molecular flexibility index (Phi) is 5.39. The number of nitrogens with one attached hydrogen (secondary N) is 1. The standard InChI is InChI=1S/C17H30N4O/c1-15(2)20-6-8-21(9-7-20)17-5-3-4-16(18-17)14-19-10-12-22-13-11-19/h3-5,15-16,18H,6-14H2,1-2H3. The Morgan fingerprint density at radius 1 is 1.14 bits per heavy atom. The van der Waals surface area contributed by atoms with Crippen molar-refractivity contribution < 1.29 is 4.74 Å². The van der Waals surface area contributed by atoms with E-state index in [0.29, 0.717) is 12.1 Å². The average Bonchev–Trinajstić information content (AvgIpc) is 2.56. The summed E-state index contributed by atoms with van der Waals surface area (Å²) in [4.78, 5) is 7.54. The number of nitrogens with zero attached hydrogens (tertiary/aromatic N) is 3. The Morgan fingerprint density at radius 3 is 2.55 bits per heavy atom. The van der Waals surface area contributed by atoms with Gasteiger partial charge in [0, 0.05) is 51.9 Å². The summed E-state index contributed by atoms with van der Waals surface area (Å²) in [6.07, 6.45) is 6.72. The molecule has 22 heavy (non-hydrogen) atoms. The van der Waals surface area contributed by atoms with Gasteiger partial charge in [0.15, 0.2) is 0 Å². The number of piperazine rings is 1. The SMILES string of the molecule is CC(C)N1CCN(C2=CC=CC(CN3CCOCC3)N2)CC1. The molecule has 3 heterocycles. The number of hydrogen-bond donors (Lipinski definition) is 1. The first-order valence-corrected chi connectivity index (χ1v) is 8.66. The van der Waals surface area contributed by atoms with Crippen LogP contribution in [0.15, 0.2) is 24.0 Å². The average molecular weight is 306 g/mol. The van der Waals surface area contributed by atoms with Crippen LogP contribution in [-0.4, -0.2) is 85.8 Å². The van der Waals surface area contributed by atoms with Gasteiger partial charge in [-0.25, -0.2) is 0 Å². The summed E-state index contributed by atoms with van der Waals surface area (Å²) in [5.41, 5.74) is 0. The van der Waals surface area contributed by atoms with Gasteiger partial charge >= 0.3 is 0 Å². The summed E-state index contributed by atoms with van der Waals surface area (Å²) in [5.74, 6) is 1.30. The fourth-order valence-electron chi connectivity index (χ4n) is 3.41. The van der Waals surface area contributed by atoms with Gasteiger partial charge in [-0.15, -0.1) is 0 Å². The van der Waals surface area contributed by atoms with Crippen molar-refractivity contribution in [3.63, 3.8) is 0 Å². The minimum atomic E-state index is 0.418. The fourth-order valence-corrected chi connectivity index (χ4v) is 3.41. The van der Waals surface area contributed by atoms with E-state index in [0.717, 1.165) is 59.0 Å². The van der Waals surface area contributed by atoms with Gasteiger partial charge in [0.25, 0.3) is 0 Å². The van der Waals surface area contributed by atoms with E-state index in [9.17, 15) is 0 Å². The molecule has 1 unspecified atom stereocenters. The van der Waals surface area contributed by atoms with Crippen molar-refractivity contribution in [2.24, 2.45) is 0 Å². The molecule has 0 radical (unpaired) electrons. The lowest BCUT2D eigenvalue weighted by atomic mass is 10.1. The molecule has 0 aromatic carbocycles. The molecule has 0 aromatic rings. The zero-order valence-corrected chi connectivity index (χ0v) is 14.0. The second-order valence-electron chi connectivity index (χ2n) is 6.72. The molecule has 0 saturated carbocycles. The van der Waals surface area contributed by atoms with Crippen molar-refractivity contribution in [1.82, 2.24) is 20.0 Å². The number of rotatable bonds is 4. The molecule has 3 rings (SSSR count). The summed E-state index contributed by atoms with van der Waals surface area (Å²) >= 11 is 0. The molecule has 1 N–H and O–H groups in total. The molecule has 0 aromatic heterocycles. The van der Waals surface area contributed by atoms with Gasteiger partial charge in [-0.05, 0) is 19.9 Å². The predicted octanol–water partition coefficient (Wildman–Crippen LogP) is 0.714. The maximum absolute atomic E-state index is 5.43. The van der Waals surface area contributed by atoms with Crippen LogP contribution in [0, 0.1) is 0 Å². The molecule has 5 nitrogen and oxygen atoms in total. The number of ether oxygens (including phenoxy) is 1. The minimum absolute atomic E-state index is 0.418. The van der Waals surface area contributed by atoms with E-state index in [1.807, 2.05) is 0 Å². The fraction of sp³-hybridized carbons (Fsp3) is 0.765. The van der Waals surface area contributed by atoms with E-state index >= 15 is 0 Å². The maximum atomic E-state index is 5.43. The second kappa shape index (κ2) is 7.49. The topological polar surface area (TPSA) is 31.0 Å². The van der Waals surface area contributed by atoms with Gasteiger partial charge in [0.2, 0.25) is 0 Å². The van der Waals surface area contributed by atoms with E-state index in [1.54, 1.807) is 0 Å². The Hall–Kier alpha value is -1.04. The van der Waals surface area contributed by atoms with Gasteiger partial charge in [-0.2, -0.15) is 0 Å². The molecule has 3 aliphatic rings. The van der Waals surface area contributed by atoms with Gasteiger partial charge < -0.3 is 15.0 Å². The molecule has 0 aliphatic carbocycles. The largest absolute Gasteiger partial charge is 0.379 e. The number of allylic oxidation sites excluding steroid dienone is 2. The lowest BCUT2D eigenvalue weighted by Crippen LogP contribution is -2.52. The highest BCUT2D eigenvalue weighted by atomic mass is 16.5. The normalized spacial score (nSPS) is 27.9. The molecular formula is C17H30N4O. The Morgan fingerprint density at radius 2 is 1.86 bits per heavy atom. The summed E-state index contributed by atoms with van der Waals surface area (Å²) in [5, 5.41) is 3.71. The minimum Gasteiger partial charge on any atom is -0.379 e. The third kappa shape index (κ3) is 4.03. The molecule has 0 spiro atoms. The van der Waals surface area contributed by atoms with Crippen LogP contribution in [0.25, 0.3) is 0 Å². The molecular weight excluding hydrogens is 276 g/mol. The highest BCUT2D eigenvalue weighted by molar-refractivity contribution is 5.20. The lowest BCUT2D eigenvalue weighted by Gasteiger charge is -2.41. The van der Waals surface area contributed by atoms with Crippen LogP contribution < -0.4 is 5.32 Å². The Balaban J connectivity index is 1.48. The van der Waals surface area contributed by atoms with Crippen LogP contribution in [0.2, 0.25) is 0 Å². The summed E-state index contributed by atoms with van der Waals surface area (Å²) in [6, 6.07) is 1.07. The molecule has 3 aliphatic heterocycles. The van der Waals surface area contributed by atoms with E-state index in [4.69, 9.17) is 4.74 Å². The molecule has 5 heteroatoms. The van der Waals surface area contributed by atoms with Gasteiger partial charge in [-0.3, -0.25) is 9.80 Å².